The molecule has 0 atom stereocenters. The molecule has 0 radical (unpaired) electrons. The second kappa shape index (κ2) is 11.7. The zero-order valence-electron chi connectivity index (χ0n) is 29.3. The summed E-state index contributed by atoms with van der Waals surface area (Å²) in [5.41, 5.74) is 8.43. The monoisotopic (exact) mass is 720 g/mol. The van der Waals surface area contributed by atoms with E-state index in [0.717, 1.165) is 55.8 Å². The predicted octanol–water partition coefficient (Wildman–Crippen LogP) is 13.3. The number of hydrogen-bond acceptors (Lipinski definition) is 5. The summed E-state index contributed by atoms with van der Waals surface area (Å²) in [5.74, 6) is 3.53. The van der Waals surface area contributed by atoms with Crippen LogP contribution in [0.1, 0.15) is 0 Å². The molecule has 256 valence electrons. The highest BCUT2D eigenvalue weighted by atomic mass is 32.1. The molecule has 4 heterocycles. The lowest BCUT2D eigenvalue weighted by Crippen LogP contribution is -2.02. The van der Waals surface area contributed by atoms with Gasteiger partial charge >= 0.3 is 0 Å². The Balaban J connectivity index is 1.08. The van der Waals surface area contributed by atoms with Crippen LogP contribution >= 0.6 is 11.3 Å². The lowest BCUT2D eigenvalue weighted by Gasteiger charge is -2.23. The molecule has 0 saturated heterocycles. The van der Waals surface area contributed by atoms with Crippen molar-refractivity contribution < 1.29 is 4.74 Å². The fraction of sp³-hybridized carbons (Fsp3) is 0. The van der Waals surface area contributed by atoms with Crippen LogP contribution in [-0.4, -0.2) is 19.5 Å². The Kier molecular flexibility index (Phi) is 6.44. The molecule has 12 rings (SSSR count). The normalized spacial score (nSPS) is 12.1. The third-order valence-electron chi connectivity index (χ3n) is 10.8. The highest BCUT2D eigenvalue weighted by molar-refractivity contribution is 7.26. The van der Waals surface area contributed by atoms with Gasteiger partial charge in [-0.2, -0.15) is 0 Å². The number of thiophene rings is 1. The largest absolute Gasteiger partial charge is 0.456 e. The van der Waals surface area contributed by atoms with E-state index in [4.69, 9.17) is 19.7 Å². The van der Waals surface area contributed by atoms with Crippen molar-refractivity contribution in [2.24, 2.45) is 0 Å². The van der Waals surface area contributed by atoms with Crippen molar-refractivity contribution in [3.05, 3.63) is 170 Å². The average Bonchev–Trinajstić information content (AvgIpc) is 3.80. The van der Waals surface area contributed by atoms with Gasteiger partial charge in [-0.15, -0.1) is 11.3 Å². The van der Waals surface area contributed by atoms with Crippen molar-refractivity contribution in [3.8, 4) is 62.5 Å². The summed E-state index contributed by atoms with van der Waals surface area (Å²) in [4.78, 5) is 15.0. The van der Waals surface area contributed by atoms with E-state index in [1.165, 1.54) is 42.0 Å². The fourth-order valence-corrected chi connectivity index (χ4v) is 9.61. The Morgan fingerprint density at radius 1 is 0.436 bits per heavy atom. The molecule has 3 aromatic heterocycles. The van der Waals surface area contributed by atoms with Gasteiger partial charge in [0.1, 0.15) is 11.5 Å². The Morgan fingerprint density at radius 3 is 1.85 bits per heavy atom. The van der Waals surface area contributed by atoms with Gasteiger partial charge in [0, 0.05) is 59.3 Å². The van der Waals surface area contributed by atoms with Gasteiger partial charge in [-0.1, -0.05) is 127 Å². The predicted molar refractivity (Wildman–Crippen MR) is 226 cm³/mol. The molecule has 0 saturated carbocycles. The molecule has 1 aliphatic heterocycles. The third-order valence-corrected chi connectivity index (χ3v) is 12.0. The highest BCUT2D eigenvalue weighted by Gasteiger charge is 2.25. The van der Waals surface area contributed by atoms with E-state index in [2.05, 4.69) is 102 Å². The van der Waals surface area contributed by atoms with E-state index in [0.29, 0.717) is 17.5 Å². The number of rotatable bonds is 4. The molecule has 6 heteroatoms. The SMILES string of the molecule is c1ccc(-c2nc(-c3ccccc3)nc(-c3ccc4c(c3)-c3cccc5c(-n6c7ccccc7c7ccc8c9ccccc9sc8c76)ccc(c35)O4)n2)cc1. The fourth-order valence-electron chi connectivity index (χ4n) is 8.37. The van der Waals surface area contributed by atoms with Crippen LogP contribution in [0, 0.1) is 0 Å². The molecule has 0 bridgehead atoms. The van der Waals surface area contributed by atoms with Crippen molar-refractivity contribution in [1.29, 1.82) is 0 Å². The number of benzene rings is 8. The minimum atomic E-state index is 0.611. The van der Waals surface area contributed by atoms with E-state index in [1.807, 2.05) is 84.1 Å². The highest BCUT2D eigenvalue weighted by Crippen LogP contribution is 2.50. The molecule has 11 aromatic rings. The Morgan fingerprint density at radius 2 is 1.07 bits per heavy atom. The molecule has 1 aliphatic rings. The number of ether oxygens (including phenoxy) is 1. The van der Waals surface area contributed by atoms with Gasteiger partial charge in [-0.05, 0) is 48.0 Å². The second-order valence-electron chi connectivity index (χ2n) is 14.0. The first-order valence-electron chi connectivity index (χ1n) is 18.4. The topological polar surface area (TPSA) is 52.8 Å². The van der Waals surface area contributed by atoms with Gasteiger partial charge in [0.25, 0.3) is 0 Å². The maximum absolute atomic E-state index is 6.72. The van der Waals surface area contributed by atoms with Gasteiger partial charge in [0.15, 0.2) is 17.5 Å². The summed E-state index contributed by atoms with van der Waals surface area (Å²) in [6.07, 6.45) is 0. The summed E-state index contributed by atoms with van der Waals surface area (Å²) in [6, 6.07) is 59.5. The number of nitrogens with zero attached hydrogens (tertiary/aromatic N) is 4. The van der Waals surface area contributed by atoms with Crippen molar-refractivity contribution >= 4 is 64.1 Å². The minimum absolute atomic E-state index is 0.611. The van der Waals surface area contributed by atoms with E-state index >= 15 is 0 Å². The van der Waals surface area contributed by atoms with Crippen LogP contribution in [0.3, 0.4) is 0 Å². The summed E-state index contributed by atoms with van der Waals surface area (Å²) in [7, 11) is 0. The van der Waals surface area contributed by atoms with Crippen LogP contribution in [0.4, 0.5) is 0 Å². The minimum Gasteiger partial charge on any atom is -0.456 e. The van der Waals surface area contributed by atoms with Crippen LogP contribution in [0.2, 0.25) is 0 Å². The molecule has 0 unspecified atom stereocenters. The van der Waals surface area contributed by atoms with Crippen molar-refractivity contribution in [2.45, 2.75) is 0 Å². The third kappa shape index (κ3) is 4.55. The molecule has 0 amide bonds. The number of para-hydroxylation sites is 1. The summed E-state index contributed by atoms with van der Waals surface area (Å²) in [5, 5.41) is 7.29. The quantitative estimate of drug-likeness (QED) is 0.182. The molecular weight excluding hydrogens is 693 g/mol. The summed E-state index contributed by atoms with van der Waals surface area (Å²) < 4.78 is 11.8. The van der Waals surface area contributed by atoms with Crippen LogP contribution in [0.15, 0.2) is 170 Å². The van der Waals surface area contributed by atoms with Crippen LogP contribution in [-0.2, 0) is 0 Å². The van der Waals surface area contributed by atoms with E-state index in [9.17, 15) is 0 Å². The Bertz CT molecular complexity index is 3290. The van der Waals surface area contributed by atoms with Gasteiger partial charge < -0.3 is 9.30 Å². The Labute approximate surface area is 319 Å². The zero-order chi connectivity index (χ0) is 36.0. The molecule has 5 nitrogen and oxygen atoms in total. The van der Waals surface area contributed by atoms with E-state index in [1.54, 1.807) is 0 Å². The number of hydrogen-bond donors (Lipinski definition) is 0. The summed E-state index contributed by atoms with van der Waals surface area (Å²) >= 11 is 1.87. The molecule has 0 spiro atoms. The average molecular weight is 721 g/mol. The maximum Gasteiger partial charge on any atom is 0.164 e. The molecule has 0 aliphatic carbocycles. The van der Waals surface area contributed by atoms with E-state index in [-0.39, 0.29) is 0 Å². The first-order valence-corrected chi connectivity index (χ1v) is 19.2. The molecule has 0 N–H and O–H groups in total. The lowest BCUT2D eigenvalue weighted by atomic mass is 9.92. The van der Waals surface area contributed by atoms with Crippen molar-refractivity contribution in [3.63, 3.8) is 0 Å². The van der Waals surface area contributed by atoms with Crippen molar-refractivity contribution in [2.75, 3.05) is 0 Å². The van der Waals surface area contributed by atoms with E-state index < -0.39 is 0 Å². The zero-order valence-corrected chi connectivity index (χ0v) is 30.1. The van der Waals surface area contributed by atoms with Gasteiger partial charge in [0.2, 0.25) is 0 Å². The van der Waals surface area contributed by atoms with Gasteiger partial charge in [-0.3, -0.25) is 0 Å². The first kappa shape index (κ1) is 30.3. The van der Waals surface area contributed by atoms with Crippen LogP contribution in [0.5, 0.6) is 11.5 Å². The van der Waals surface area contributed by atoms with Crippen LogP contribution < -0.4 is 4.74 Å². The Hall–Kier alpha value is -7.15. The smallest absolute Gasteiger partial charge is 0.164 e. The lowest BCUT2D eigenvalue weighted by molar-refractivity contribution is 0.487. The summed E-state index contributed by atoms with van der Waals surface area (Å²) in [6.45, 7) is 0. The standard InChI is InChI=1S/C49H28N4OS/c1-3-12-29(13-4-1)47-50-48(30-14-5-2-6-15-30)52-49(51-47)31-22-26-41-38(28-31)34-18-11-19-37-40(25-27-42(54-41)44(34)37)53-39-20-9-7-16-32(39)35-23-24-36-33-17-8-10-21-43(33)55-46(36)45(35)53/h1-28H. The van der Waals surface area contributed by atoms with Gasteiger partial charge in [-0.25, -0.2) is 15.0 Å². The number of fused-ring (bicyclic) bond motifs is 9. The molecule has 0 fully saturated rings. The molecular formula is C49H28N4OS. The number of aromatic nitrogens is 4. The second-order valence-corrected chi connectivity index (χ2v) is 15.0. The first-order chi connectivity index (χ1) is 27.3. The van der Waals surface area contributed by atoms with Crippen molar-refractivity contribution in [1.82, 2.24) is 19.5 Å². The van der Waals surface area contributed by atoms with Crippen LogP contribution in [0.25, 0.3) is 104 Å². The maximum atomic E-state index is 6.72. The van der Waals surface area contributed by atoms with Gasteiger partial charge in [0.05, 0.1) is 21.4 Å². The molecule has 55 heavy (non-hydrogen) atoms. The molecule has 8 aromatic carbocycles.